The van der Waals surface area contributed by atoms with Crippen molar-refractivity contribution in [2.24, 2.45) is 5.92 Å². The number of amides is 1. The zero-order valence-corrected chi connectivity index (χ0v) is 12.3. The van der Waals surface area contributed by atoms with E-state index in [9.17, 15) is 9.18 Å². The molecule has 1 aliphatic rings. The lowest BCUT2D eigenvalue weighted by atomic mass is 9.99. The van der Waals surface area contributed by atoms with Crippen molar-refractivity contribution in [2.45, 2.75) is 33.1 Å². The first kappa shape index (κ1) is 15.0. The number of anilines is 1. The SMILES string of the molecule is CCCNCC(C)CN1C(=O)CCc2cc(F)ccc21. The maximum Gasteiger partial charge on any atom is 0.227 e. The molecule has 0 radical (unpaired) electrons. The monoisotopic (exact) mass is 278 g/mol. The molecular formula is C16H23FN2O. The van der Waals surface area contributed by atoms with Gasteiger partial charge in [-0.1, -0.05) is 13.8 Å². The topological polar surface area (TPSA) is 32.3 Å². The number of benzene rings is 1. The van der Waals surface area contributed by atoms with Crippen LogP contribution in [0.1, 0.15) is 32.3 Å². The molecule has 0 saturated carbocycles. The van der Waals surface area contributed by atoms with E-state index in [0.717, 1.165) is 30.8 Å². The van der Waals surface area contributed by atoms with Crippen LogP contribution < -0.4 is 10.2 Å². The summed E-state index contributed by atoms with van der Waals surface area (Å²) < 4.78 is 13.3. The fraction of sp³-hybridized carbons (Fsp3) is 0.562. The van der Waals surface area contributed by atoms with Crippen molar-refractivity contribution < 1.29 is 9.18 Å². The molecule has 0 aliphatic carbocycles. The Labute approximate surface area is 120 Å². The summed E-state index contributed by atoms with van der Waals surface area (Å²) in [6, 6.07) is 4.72. The summed E-state index contributed by atoms with van der Waals surface area (Å²) >= 11 is 0. The van der Waals surface area contributed by atoms with E-state index >= 15 is 0 Å². The van der Waals surface area contributed by atoms with Gasteiger partial charge in [-0.05, 0) is 55.6 Å². The molecule has 0 spiro atoms. The summed E-state index contributed by atoms with van der Waals surface area (Å²) in [6.07, 6.45) is 2.23. The Balaban J connectivity index is 2.05. The molecule has 0 fully saturated rings. The zero-order chi connectivity index (χ0) is 14.5. The summed E-state index contributed by atoms with van der Waals surface area (Å²) in [7, 11) is 0. The summed E-state index contributed by atoms with van der Waals surface area (Å²) in [4.78, 5) is 13.9. The largest absolute Gasteiger partial charge is 0.316 e. The van der Waals surface area contributed by atoms with Crippen LogP contribution in [0, 0.1) is 11.7 Å². The summed E-state index contributed by atoms with van der Waals surface area (Å²) in [5.41, 5.74) is 1.82. The molecule has 1 atom stereocenters. The normalized spacial score (nSPS) is 16.1. The van der Waals surface area contributed by atoms with E-state index in [0.29, 0.717) is 25.3 Å². The second-order valence-electron chi connectivity index (χ2n) is 5.59. The van der Waals surface area contributed by atoms with Crippen molar-refractivity contribution in [1.29, 1.82) is 0 Å². The predicted molar refractivity (Wildman–Crippen MR) is 79.4 cm³/mol. The van der Waals surface area contributed by atoms with E-state index < -0.39 is 0 Å². The Kier molecular flexibility index (Phi) is 5.12. The van der Waals surface area contributed by atoms with Crippen LogP contribution in [0.25, 0.3) is 0 Å². The van der Waals surface area contributed by atoms with Crippen molar-refractivity contribution in [3.05, 3.63) is 29.6 Å². The molecule has 3 nitrogen and oxygen atoms in total. The van der Waals surface area contributed by atoms with E-state index in [1.165, 1.54) is 6.07 Å². The van der Waals surface area contributed by atoms with Crippen LogP contribution in [0.15, 0.2) is 18.2 Å². The standard InChI is InChI=1S/C16H23FN2O/c1-3-8-18-10-12(2)11-19-15-6-5-14(17)9-13(15)4-7-16(19)20/h5-6,9,12,18H,3-4,7-8,10-11H2,1-2H3. The Hall–Kier alpha value is -1.42. The van der Waals surface area contributed by atoms with Gasteiger partial charge in [-0.25, -0.2) is 4.39 Å². The van der Waals surface area contributed by atoms with Gasteiger partial charge in [0.05, 0.1) is 0 Å². The van der Waals surface area contributed by atoms with Gasteiger partial charge in [-0.2, -0.15) is 0 Å². The second kappa shape index (κ2) is 6.84. The van der Waals surface area contributed by atoms with Gasteiger partial charge in [0, 0.05) is 18.7 Å². The first-order valence-electron chi connectivity index (χ1n) is 7.41. The molecule has 1 aromatic carbocycles. The highest BCUT2D eigenvalue weighted by Gasteiger charge is 2.25. The average molecular weight is 278 g/mol. The van der Waals surface area contributed by atoms with Gasteiger partial charge in [0.1, 0.15) is 5.82 Å². The Morgan fingerprint density at radius 3 is 2.95 bits per heavy atom. The molecule has 110 valence electrons. The van der Waals surface area contributed by atoms with Crippen molar-refractivity contribution in [1.82, 2.24) is 5.32 Å². The number of nitrogens with one attached hydrogen (secondary N) is 1. The number of hydrogen-bond donors (Lipinski definition) is 1. The number of hydrogen-bond acceptors (Lipinski definition) is 2. The summed E-state index contributed by atoms with van der Waals surface area (Å²) in [5.74, 6) is 0.295. The van der Waals surface area contributed by atoms with Gasteiger partial charge >= 0.3 is 0 Å². The lowest BCUT2D eigenvalue weighted by Gasteiger charge is -2.31. The molecule has 4 heteroatoms. The lowest BCUT2D eigenvalue weighted by Crippen LogP contribution is -2.40. The Bertz CT molecular complexity index is 476. The zero-order valence-electron chi connectivity index (χ0n) is 12.3. The molecule has 1 N–H and O–H groups in total. The number of carbonyl (C=O) groups excluding carboxylic acids is 1. The molecule has 1 heterocycles. The van der Waals surface area contributed by atoms with Gasteiger partial charge in [-0.3, -0.25) is 4.79 Å². The number of fused-ring (bicyclic) bond motifs is 1. The molecule has 0 saturated heterocycles. The van der Waals surface area contributed by atoms with Gasteiger partial charge in [0.2, 0.25) is 5.91 Å². The highest BCUT2D eigenvalue weighted by Crippen LogP contribution is 2.29. The summed E-state index contributed by atoms with van der Waals surface area (Å²) in [6.45, 7) is 6.85. The highest BCUT2D eigenvalue weighted by atomic mass is 19.1. The average Bonchev–Trinajstić information content (AvgIpc) is 2.42. The number of rotatable bonds is 6. The molecule has 1 aliphatic heterocycles. The van der Waals surface area contributed by atoms with E-state index in [1.807, 2.05) is 4.90 Å². The molecule has 1 amide bonds. The number of nitrogens with zero attached hydrogens (tertiary/aromatic N) is 1. The number of aryl methyl sites for hydroxylation is 1. The van der Waals surface area contributed by atoms with Crippen molar-refractivity contribution >= 4 is 11.6 Å². The van der Waals surface area contributed by atoms with Crippen LogP contribution in [-0.2, 0) is 11.2 Å². The van der Waals surface area contributed by atoms with Crippen LogP contribution in [0.5, 0.6) is 0 Å². The minimum absolute atomic E-state index is 0.145. The molecular weight excluding hydrogens is 255 g/mol. The van der Waals surface area contributed by atoms with Crippen LogP contribution in [0.3, 0.4) is 0 Å². The van der Waals surface area contributed by atoms with Crippen LogP contribution in [0.2, 0.25) is 0 Å². The second-order valence-corrected chi connectivity index (χ2v) is 5.59. The minimum Gasteiger partial charge on any atom is -0.316 e. The van der Waals surface area contributed by atoms with E-state index in [4.69, 9.17) is 0 Å². The molecule has 0 aromatic heterocycles. The fourth-order valence-electron chi connectivity index (χ4n) is 2.63. The van der Waals surface area contributed by atoms with Crippen molar-refractivity contribution in [3.8, 4) is 0 Å². The third-order valence-corrected chi connectivity index (χ3v) is 3.66. The number of carbonyl (C=O) groups is 1. The lowest BCUT2D eigenvalue weighted by molar-refractivity contribution is -0.119. The molecule has 0 bridgehead atoms. The first-order valence-corrected chi connectivity index (χ1v) is 7.41. The predicted octanol–water partition coefficient (Wildman–Crippen LogP) is 2.74. The third-order valence-electron chi connectivity index (χ3n) is 3.66. The van der Waals surface area contributed by atoms with Crippen LogP contribution in [0.4, 0.5) is 10.1 Å². The maximum atomic E-state index is 13.3. The quantitative estimate of drug-likeness (QED) is 0.812. The van der Waals surface area contributed by atoms with E-state index in [-0.39, 0.29) is 11.7 Å². The molecule has 1 unspecified atom stereocenters. The van der Waals surface area contributed by atoms with Crippen LogP contribution >= 0.6 is 0 Å². The van der Waals surface area contributed by atoms with Crippen LogP contribution in [-0.4, -0.2) is 25.5 Å². The maximum absolute atomic E-state index is 13.3. The fourth-order valence-corrected chi connectivity index (χ4v) is 2.63. The van der Waals surface area contributed by atoms with Crippen molar-refractivity contribution in [2.75, 3.05) is 24.5 Å². The van der Waals surface area contributed by atoms with Gasteiger partial charge in [-0.15, -0.1) is 0 Å². The van der Waals surface area contributed by atoms with Gasteiger partial charge < -0.3 is 10.2 Å². The minimum atomic E-state index is -0.226. The van der Waals surface area contributed by atoms with Gasteiger partial charge in [0.25, 0.3) is 0 Å². The molecule has 20 heavy (non-hydrogen) atoms. The van der Waals surface area contributed by atoms with Crippen molar-refractivity contribution in [3.63, 3.8) is 0 Å². The third kappa shape index (κ3) is 3.57. The molecule has 2 rings (SSSR count). The smallest absolute Gasteiger partial charge is 0.227 e. The van der Waals surface area contributed by atoms with Gasteiger partial charge in [0.15, 0.2) is 0 Å². The first-order chi connectivity index (χ1) is 9.61. The molecule has 1 aromatic rings. The summed E-state index contributed by atoms with van der Waals surface area (Å²) in [5, 5.41) is 3.37. The van der Waals surface area contributed by atoms with E-state index in [1.54, 1.807) is 12.1 Å². The Morgan fingerprint density at radius 2 is 2.20 bits per heavy atom. The Morgan fingerprint density at radius 1 is 1.40 bits per heavy atom. The van der Waals surface area contributed by atoms with E-state index in [2.05, 4.69) is 19.2 Å². The highest BCUT2D eigenvalue weighted by molar-refractivity contribution is 5.96. The number of halogens is 1.